The Morgan fingerprint density at radius 2 is 2.00 bits per heavy atom. The minimum Gasteiger partial charge on any atom is -0.354 e. The number of nitrogens with zero attached hydrogens (tertiary/aromatic N) is 5. The first kappa shape index (κ1) is 20.6. The molecule has 0 atom stereocenters. The summed E-state index contributed by atoms with van der Waals surface area (Å²) < 4.78 is 38.1. The Hall–Kier alpha value is -2.69. The topological polar surface area (TPSA) is 97.1 Å². The molecule has 0 bridgehead atoms. The first-order valence-corrected chi connectivity index (χ1v) is 8.23. The second-order valence-corrected chi connectivity index (χ2v) is 6.01. The van der Waals surface area contributed by atoms with E-state index >= 15 is 0 Å². The fraction of sp³-hybridized carbons (Fsp3) is 0.400. The highest BCUT2D eigenvalue weighted by molar-refractivity contribution is 6.33. The number of nitro groups is 1. The van der Waals surface area contributed by atoms with Crippen molar-refractivity contribution in [2.75, 3.05) is 23.8 Å². The van der Waals surface area contributed by atoms with Crippen molar-refractivity contribution < 1.29 is 18.1 Å². The molecule has 27 heavy (non-hydrogen) atoms. The van der Waals surface area contributed by atoms with Crippen molar-refractivity contribution in [3.8, 4) is 0 Å². The Bertz CT molecular complexity index is 834. The molecule has 0 saturated heterocycles. The molecule has 0 radical (unpaired) electrons. The molecule has 0 saturated carbocycles. The highest BCUT2D eigenvalue weighted by atomic mass is 35.5. The highest BCUT2D eigenvalue weighted by Gasteiger charge is 2.32. The molecule has 0 aliphatic heterocycles. The maximum Gasteiger partial charge on any atom is 0.417 e. The molecule has 2 heterocycles. The van der Waals surface area contributed by atoms with Crippen LogP contribution in [0.15, 0.2) is 18.6 Å². The number of rotatable bonds is 7. The lowest BCUT2D eigenvalue weighted by Crippen LogP contribution is -2.21. The van der Waals surface area contributed by atoms with E-state index in [-0.39, 0.29) is 22.5 Å². The quantitative estimate of drug-likeness (QED) is 0.538. The molecule has 0 amide bonds. The van der Waals surface area contributed by atoms with Gasteiger partial charge in [0.2, 0.25) is 11.6 Å². The number of nitrogens with one attached hydrogen (secondary N) is 1. The van der Waals surface area contributed by atoms with Crippen LogP contribution in [-0.2, 0) is 6.18 Å². The van der Waals surface area contributed by atoms with Crippen molar-refractivity contribution in [1.29, 1.82) is 0 Å². The number of alkyl halides is 3. The third-order valence-electron chi connectivity index (χ3n) is 3.60. The Kier molecular flexibility index (Phi) is 6.37. The summed E-state index contributed by atoms with van der Waals surface area (Å²) in [4.78, 5) is 23.9. The Morgan fingerprint density at radius 3 is 2.56 bits per heavy atom. The van der Waals surface area contributed by atoms with Crippen molar-refractivity contribution >= 4 is 34.7 Å². The number of hydrogen-bond acceptors (Lipinski definition) is 7. The molecule has 0 fully saturated rings. The summed E-state index contributed by atoms with van der Waals surface area (Å²) >= 11 is 5.84. The Balaban J connectivity index is 2.40. The maximum atomic E-state index is 12.7. The number of unbranched alkanes of at least 4 members (excludes halogenated alkanes) is 1. The predicted octanol–water partition coefficient (Wildman–Crippen LogP) is 4.43. The second kappa shape index (κ2) is 8.33. The number of pyridine rings is 1. The van der Waals surface area contributed by atoms with Gasteiger partial charge < -0.3 is 10.2 Å². The first-order valence-electron chi connectivity index (χ1n) is 7.85. The van der Waals surface area contributed by atoms with Gasteiger partial charge in [-0.05, 0) is 12.5 Å². The lowest BCUT2D eigenvalue weighted by atomic mass is 10.2. The number of hydrogen-bond donors (Lipinski definition) is 1. The average Bonchev–Trinajstić information content (AvgIpc) is 2.60. The highest BCUT2D eigenvalue weighted by Crippen LogP contribution is 2.36. The second-order valence-electron chi connectivity index (χ2n) is 5.60. The fourth-order valence-corrected chi connectivity index (χ4v) is 2.42. The van der Waals surface area contributed by atoms with E-state index < -0.39 is 22.4 Å². The van der Waals surface area contributed by atoms with Gasteiger partial charge in [-0.2, -0.15) is 13.2 Å². The zero-order valence-corrected chi connectivity index (χ0v) is 15.2. The molecule has 2 rings (SSSR count). The van der Waals surface area contributed by atoms with Crippen molar-refractivity contribution in [2.45, 2.75) is 25.9 Å². The summed E-state index contributed by atoms with van der Waals surface area (Å²) in [5.41, 5.74) is -1.45. The van der Waals surface area contributed by atoms with E-state index in [1.54, 1.807) is 11.9 Å². The van der Waals surface area contributed by atoms with Gasteiger partial charge >= 0.3 is 11.9 Å². The van der Waals surface area contributed by atoms with Crippen LogP contribution in [0.2, 0.25) is 5.02 Å². The lowest BCUT2D eigenvalue weighted by molar-refractivity contribution is -0.383. The van der Waals surface area contributed by atoms with Crippen LogP contribution in [-0.4, -0.2) is 33.5 Å². The van der Waals surface area contributed by atoms with Crippen LogP contribution < -0.4 is 10.2 Å². The van der Waals surface area contributed by atoms with E-state index in [1.165, 1.54) is 0 Å². The normalized spacial score (nSPS) is 11.3. The van der Waals surface area contributed by atoms with E-state index in [0.717, 1.165) is 19.2 Å². The van der Waals surface area contributed by atoms with E-state index in [1.807, 2.05) is 6.92 Å². The van der Waals surface area contributed by atoms with Gasteiger partial charge in [-0.25, -0.2) is 15.0 Å². The average molecular weight is 405 g/mol. The first-order chi connectivity index (χ1) is 12.6. The van der Waals surface area contributed by atoms with Crippen LogP contribution in [0.5, 0.6) is 0 Å². The molecular weight excluding hydrogens is 389 g/mol. The molecule has 8 nitrogen and oxygen atoms in total. The van der Waals surface area contributed by atoms with Crippen LogP contribution in [0.25, 0.3) is 0 Å². The summed E-state index contributed by atoms with van der Waals surface area (Å²) in [5, 5.41) is 13.7. The smallest absolute Gasteiger partial charge is 0.354 e. The van der Waals surface area contributed by atoms with Gasteiger partial charge in [-0.3, -0.25) is 10.1 Å². The SMILES string of the molecule is CCCCN(C)c1ncnc(Nc2ncc(C(F)(F)F)cc2Cl)c1[N+](=O)[O-]. The lowest BCUT2D eigenvalue weighted by Gasteiger charge is -2.18. The minimum atomic E-state index is -4.61. The van der Waals surface area contributed by atoms with Gasteiger partial charge in [-0.15, -0.1) is 0 Å². The molecule has 0 unspecified atom stereocenters. The van der Waals surface area contributed by atoms with Gasteiger partial charge in [0.25, 0.3) is 0 Å². The molecule has 2 aromatic heterocycles. The van der Waals surface area contributed by atoms with Gasteiger partial charge in [-0.1, -0.05) is 24.9 Å². The third kappa shape index (κ3) is 4.94. The van der Waals surface area contributed by atoms with E-state index in [0.29, 0.717) is 18.8 Å². The molecule has 0 aliphatic rings. The number of halogens is 4. The molecule has 0 aliphatic carbocycles. The van der Waals surface area contributed by atoms with E-state index in [2.05, 4.69) is 20.3 Å². The standard InChI is InChI=1S/C15H16ClF3N6O2/c1-3-4-5-24(2)14-11(25(26)27)13(21-8-22-14)23-12-10(16)6-9(7-20-12)15(17,18)19/h6-8H,3-5H2,1-2H3,(H,20,21,22,23). The Labute approximate surface area is 157 Å². The summed E-state index contributed by atoms with van der Waals surface area (Å²) in [5.74, 6) is -0.329. The molecule has 2 aromatic rings. The van der Waals surface area contributed by atoms with Crippen LogP contribution in [0, 0.1) is 10.1 Å². The van der Waals surface area contributed by atoms with Crippen LogP contribution in [0.1, 0.15) is 25.3 Å². The van der Waals surface area contributed by atoms with Gasteiger partial charge in [0.15, 0.2) is 5.82 Å². The van der Waals surface area contributed by atoms with Crippen LogP contribution in [0.4, 0.5) is 36.3 Å². The Morgan fingerprint density at radius 1 is 1.30 bits per heavy atom. The summed E-state index contributed by atoms with van der Waals surface area (Å²) in [7, 11) is 1.65. The maximum absolute atomic E-state index is 12.7. The predicted molar refractivity (Wildman–Crippen MR) is 94.4 cm³/mol. The molecule has 0 aromatic carbocycles. The third-order valence-corrected chi connectivity index (χ3v) is 3.89. The van der Waals surface area contributed by atoms with E-state index in [9.17, 15) is 23.3 Å². The molecule has 1 N–H and O–H groups in total. The molecular formula is C15H16ClF3N6O2. The van der Waals surface area contributed by atoms with Crippen molar-refractivity contribution in [2.24, 2.45) is 0 Å². The molecule has 146 valence electrons. The minimum absolute atomic E-state index is 0.0778. The summed E-state index contributed by atoms with van der Waals surface area (Å²) in [6.45, 7) is 2.51. The fourth-order valence-electron chi connectivity index (χ4n) is 2.21. The zero-order chi connectivity index (χ0) is 20.2. The van der Waals surface area contributed by atoms with E-state index in [4.69, 9.17) is 11.6 Å². The monoisotopic (exact) mass is 404 g/mol. The van der Waals surface area contributed by atoms with Gasteiger partial charge in [0, 0.05) is 19.8 Å². The van der Waals surface area contributed by atoms with Crippen molar-refractivity contribution in [1.82, 2.24) is 15.0 Å². The van der Waals surface area contributed by atoms with Crippen molar-refractivity contribution in [3.63, 3.8) is 0 Å². The number of anilines is 3. The summed E-state index contributed by atoms with van der Waals surface area (Å²) in [6, 6.07) is 0.679. The molecule has 12 heteroatoms. The zero-order valence-electron chi connectivity index (χ0n) is 14.4. The van der Waals surface area contributed by atoms with Crippen LogP contribution in [0.3, 0.4) is 0 Å². The van der Waals surface area contributed by atoms with Crippen molar-refractivity contribution in [3.05, 3.63) is 39.3 Å². The summed E-state index contributed by atoms with van der Waals surface area (Å²) in [6.07, 6.45) is -1.22. The largest absolute Gasteiger partial charge is 0.417 e. The molecule has 0 spiro atoms. The number of aromatic nitrogens is 3. The van der Waals surface area contributed by atoms with Gasteiger partial charge in [0.05, 0.1) is 15.5 Å². The van der Waals surface area contributed by atoms with Gasteiger partial charge in [0.1, 0.15) is 6.33 Å². The van der Waals surface area contributed by atoms with Crippen LogP contribution >= 0.6 is 11.6 Å².